The smallest absolute Gasteiger partial charge is 0.133 e. The van der Waals surface area contributed by atoms with Crippen LogP contribution in [0.15, 0.2) is 43.0 Å². The quantitative estimate of drug-likeness (QED) is 0.406. The number of aryl methyl sites for hydroxylation is 1. The Balaban J connectivity index is 1.34. The maximum absolute atomic E-state index is 14.9. The third-order valence-corrected chi connectivity index (χ3v) is 7.28. The Kier molecular flexibility index (Phi) is 7.71. The fourth-order valence-electron chi connectivity index (χ4n) is 5.34. The van der Waals surface area contributed by atoms with Crippen molar-refractivity contribution in [1.82, 2.24) is 9.80 Å². The van der Waals surface area contributed by atoms with Gasteiger partial charge in [-0.3, -0.25) is 0 Å². The van der Waals surface area contributed by atoms with E-state index >= 15 is 0 Å². The fraction of sp³-hybridized carbons (Fsp3) is 0.517. The molecular formula is C29H37F3N2. The zero-order valence-electron chi connectivity index (χ0n) is 20.6. The lowest BCUT2D eigenvalue weighted by molar-refractivity contribution is 0.0942. The van der Waals surface area contributed by atoms with E-state index in [2.05, 4.69) is 16.4 Å². The summed E-state index contributed by atoms with van der Waals surface area (Å²) in [5.41, 5.74) is 2.13. The van der Waals surface area contributed by atoms with E-state index in [0.29, 0.717) is 41.1 Å². The number of nitrogens with zero attached hydrogens (tertiary/aromatic N) is 2. The second kappa shape index (κ2) is 10.6. The molecule has 2 fully saturated rings. The summed E-state index contributed by atoms with van der Waals surface area (Å²) in [5.74, 6) is -0.00940. The van der Waals surface area contributed by atoms with Gasteiger partial charge in [0.1, 0.15) is 17.3 Å². The van der Waals surface area contributed by atoms with Crippen molar-refractivity contribution in [2.75, 3.05) is 32.7 Å². The molecule has 0 aliphatic carbocycles. The summed E-state index contributed by atoms with van der Waals surface area (Å²) < 4.78 is 43.6. The van der Waals surface area contributed by atoms with Gasteiger partial charge >= 0.3 is 0 Å². The van der Waals surface area contributed by atoms with Gasteiger partial charge in [-0.1, -0.05) is 24.8 Å². The first-order valence-corrected chi connectivity index (χ1v) is 12.6. The van der Waals surface area contributed by atoms with Crippen molar-refractivity contribution in [3.8, 4) is 11.1 Å². The molecule has 2 heterocycles. The van der Waals surface area contributed by atoms with Gasteiger partial charge in [0.25, 0.3) is 0 Å². The second-order valence-corrected chi connectivity index (χ2v) is 10.6. The first-order chi connectivity index (χ1) is 16.2. The number of likely N-dealkylation sites (tertiary alicyclic amines) is 2. The highest BCUT2D eigenvalue weighted by atomic mass is 19.1. The molecule has 34 heavy (non-hydrogen) atoms. The van der Waals surface area contributed by atoms with E-state index in [-0.39, 0.29) is 11.6 Å². The SMILES string of the molecule is C=C(c1ccc(-c2ccc(CCC3CCN(CC(C)(C)F)CC3)c(F)c2)cc1F)N1CCCC1. The standard InChI is InChI=1S/C29H37F3N2/c1-21(34-14-4-5-15-34)26-11-10-25(19-28(26)31)24-9-8-23(27(30)18-24)7-6-22-12-16-33(17-13-22)20-29(2,3)32/h8-11,18-19,22H,1,4-7,12-17,20H2,2-3H3. The molecule has 0 N–H and O–H groups in total. The molecule has 2 aromatic carbocycles. The van der Waals surface area contributed by atoms with E-state index in [4.69, 9.17) is 0 Å². The molecule has 0 atom stereocenters. The molecule has 2 aliphatic rings. The molecular weight excluding hydrogens is 433 g/mol. The highest BCUT2D eigenvalue weighted by molar-refractivity contribution is 5.69. The molecule has 0 saturated carbocycles. The van der Waals surface area contributed by atoms with Crippen LogP contribution in [0.2, 0.25) is 0 Å². The van der Waals surface area contributed by atoms with E-state index in [0.717, 1.165) is 64.0 Å². The summed E-state index contributed by atoms with van der Waals surface area (Å²) in [4.78, 5) is 4.31. The Morgan fingerprint density at radius 3 is 2.15 bits per heavy atom. The third kappa shape index (κ3) is 6.24. The summed E-state index contributed by atoms with van der Waals surface area (Å²) in [6.45, 7) is 11.5. The minimum absolute atomic E-state index is 0.236. The van der Waals surface area contributed by atoms with E-state index in [9.17, 15) is 13.2 Å². The number of alkyl halides is 1. The van der Waals surface area contributed by atoms with Gasteiger partial charge in [-0.25, -0.2) is 13.2 Å². The van der Waals surface area contributed by atoms with Gasteiger partial charge in [-0.15, -0.1) is 0 Å². The van der Waals surface area contributed by atoms with E-state index < -0.39 is 5.67 Å². The van der Waals surface area contributed by atoms with Crippen LogP contribution in [-0.4, -0.2) is 48.2 Å². The molecule has 2 nitrogen and oxygen atoms in total. The van der Waals surface area contributed by atoms with Crippen molar-refractivity contribution in [1.29, 1.82) is 0 Å². The predicted molar refractivity (Wildman–Crippen MR) is 134 cm³/mol. The Morgan fingerprint density at radius 1 is 0.941 bits per heavy atom. The van der Waals surface area contributed by atoms with Crippen LogP contribution in [0.4, 0.5) is 13.2 Å². The van der Waals surface area contributed by atoms with Crippen LogP contribution in [0.1, 0.15) is 57.1 Å². The van der Waals surface area contributed by atoms with Crippen LogP contribution in [-0.2, 0) is 6.42 Å². The van der Waals surface area contributed by atoms with Crippen molar-refractivity contribution < 1.29 is 13.2 Å². The Hall–Kier alpha value is -2.27. The summed E-state index contributed by atoms with van der Waals surface area (Å²) in [7, 11) is 0. The summed E-state index contributed by atoms with van der Waals surface area (Å²) in [5, 5.41) is 0. The van der Waals surface area contributed by atoms with Crippen LogP contribution in [0.5, 0.6) is 0 Å². The van der Waals surface area contributed by atoms with Gasteiger partial charge < -0.3 is 9.80 Å². The lowest BCUT2D eigenvalue weighted by atomic mass is 9.89. The topological polar surface area (TPSA) is 6.48 Å². The van der Waals surface area contributed by atoms with Gasteiger partial charge in [0.15, 0.2) is 0 Å². The van der Waals surface area contributed by atoms with Crippen molar-refractivity contribution in [2.45, 2.75) is 58.0 Å². The second-order valence-electron chi connectivity index (χ2n) is 10.6. The minimum Gasteiger partial charge on any atom is -0.371 e. The van der Waals surface area contributed by atoms with Crippen LogP contribution in [0.3, 0.4) is 0 Å². The first-order valence-electron chi connectivity index (χ1n) is 12.6. The zero-order valence-corrected chi connectivity index (χ0v) is 20.6. The average Bonchev–Trinajstić information content (AvgIpc) is 3.33. The maximum atomic E-state index is 14.9. The molecule has 0 amide bonds. The van der Waals surface area contributed by atoms with E-state index in [1.165, 1.54) is 12.1 Å². The van der Waals surface area contributed by atoms with Crippen molar-refractivity contribution in [2.24, 2.45) is 5.92 Å². The highest BCUT2D eigenvalue weighted by Crippen LogP contribution is 2.30. The molecule has 0 aromatic heterocycles. The number of piperidine rings is 1. The van der Waals surface area contributed by atoms with Crippen LogP contribution < -0.4 is 0 Å². The number of rotatable bonds is 8. The summed E-state index contributed by atoms with van der Waals surface area (Å²) in [6, 6.07) is 10.3. The number of benzene rings is 2. The lowest BCUT2D eigenvalue weighted by Crippen LogP contribution is -2.41. The van der Waals surface area contributed by atoms with Gasteiger partial charge in [0.2, 0.25) is 0 Å². The molecule has 184 valence electrons. The lowest BCUT2D eigenvalue weighted by Gasteiger charge is -2.34. The Morgan fingerprint density at radius 2 is 1.56 bits per heavy atom. The molecule has 2 aromatic rings. The van der Waals surface area contributed by atoms with Crippen molar-refractivity contribution in [3.63, 3.8) is 0 Å². The first kappa shape index (κ1) is 24.8. The van der Waals surface area contributed by atoms with E-state index in [1.54, 1.807) is 19.9 Å². The van der Waals surface area contributed by atoms with Gasteiger partial charge in [0, 0.05) is 30.9 Å². The molecule has 5 heteroatoms. The monoisotopic (exact) mass is 470 g/mol. The molecule has 2 saturated heterocycles. The molecule has 0 bridgehead atoms. The molecule has 0 unspecified atom stereocenters. The normalized spacial score (nSPS) is 18.0. The van der Waals surface area contributed by atoms with E-state index in [1.807, 2.05) is 18.2 Å². The number of hydrogen-bond donors (Lipinski definition) is 0. The van der Waals surface area contributed by atoms with Crippen LogP contribution >= 0.6 is 0 Å². The van der Waals surface area contributed by atoms with Crippen molar-refractivity contribution in [3.05, 3.63) is 65.7 Å². The summed E-state index contributed by atoms with van der Waals surface area (Å²) >= 11 is 0. The number of halogens is 3. The van der Waals surface area contributed by atoms with Crippen molar-refractivity contribution >= 4 is 5.70 Å². The minimum atomic E-state index is -1.16. The fourth-order valence-corrected chi connectivity index (χ4v) is 5.34. The van der Waals surface area contributed by atoms with Gasteiger partial charge in [-0.05, 0) is 106 Å². The highest BCUT2D eigenvalue weighted by Gasteiger charge is 2.25. The Labute approximate surface area is 202 Å². The predicted octanol–water partition coefficient (Wildman–Crippen LogP) is 7.09. The molecule has 0 spiro atoms. The largest absolute Gasteiger partial charge is 0.371 e. The zero-order chi connectivity index (χ0) is 24.3. The molecule has 0 radical (unpaired) electrons. The Bertz CT molecular complexity index is 997. The van der Waals surface area contributed by atoms with Gasteiger partial charge in [-0.2, -0.15) is 0 Å². The summed E-state index contributed by atoms with van der Waals surface area (Å²) in [6.07, 6.45) is 5.91. The molecule has 2 aliphatic heterocycles. The maximum Gasteiger partial charge on any atom is 0.133 e. The third-order valence-electron chi connectivity index (χ3n) is 7.28. The molecule has 4 rings (SSSR count). The average molecular weight is 471 g/mol. The van der Waals surface area contributed by atoms with Crippen LogP contribution in [0.25, 0.3) is 16.8 Å². The van der Waals surface area contributed by atoms with Crippen LogP contribution in [0, 0.1) is 17.6 Å². The van der Waals surface area contributed by atoms with Gasteiger partial charge in [0.05, 0.1) is 0 Å². The number of hydrogen-bond acceptors (Lipinski definition) is 2.